The van der Waals surface area contributed by atoms with Gasteiger partial charge in [-0.15, -0.1) is 10.2 Å². The van der Waals surface area contributed by atoms with Crippen molar-refractivity contribution in [2.24, 2.45) is 0 Å². The average molecular weight is 428 g/mol. The highest BCUT2D eigenvalue weighted by Gasteiger charge is 2.46. The van der Waals surface area contributed by atoms with Crippen molar-refractivity contribution in [1.29, 1.82) is 0 Å². The van der Waals surface area contributed by atoms with Crippen LogP contribution in [0.2, 0.25) is 5.02 Å². The molecule has 4 aromatic rings. The van der Waals surface area contributed by atoms with Gasteiger partial charge in [0.2, 0.25) is 10.9 Å². The molecule has 0 spiro atoms. The van der Waals surface area contributed by atoms with E-state index in [1.807, 2.05) is 0 Å². The normalized spacial score (nSPS) is 15.9. The number of benzene rings is 2. The maximum Gasteiger partial charge on any atom is 0.297 e. The molecule has 2 aromatic heterocycles. The Balaban J connectivity index is 1.86. The Bertz CT molecular complexity index is 1370. The van der Waals surface area contributed by atoms with E-state index in [0.29, 0.717) is 10.0 Å². The summed E-state index contributed by atoms with van der Waals surface area (Å²) in [6.07, 6.45) is 0. The first-order valence-corrected chi connectivity index (χ1v) is 9.79. The molecule has 1 aliphatic heterocycles. The standard InChI is InChI=1S/C20H11ClFN3O3S/c1-9-23-24-20(29-9)25-16(11-4-2-3-5-13(11)22)15-17(26)12-8-10(21)6-7-14(12)28-18(15)19(25)27/h2-8,16H,1H3. The van der Waals surface area contributed by atoms with Crippen molar-refractivity contribution in [3.8, 4) is 0 Å². The molecule has 0 radical (unpaired) electrons. The molecule has 9 heteroatoms. The molecule has 3 heterocycles. The molecular formula is C20H11ClFN3O3S. The van der Waals surface area contributed by atoms with Crippen molar-refractivity contribution in [3.63, 3.8) is 0 Å². The number of aromatic nitrogens is 2. The minimum atomic E-state index is -1.02. The van der Waals surface area contributed by atoms with Crippen LogP contribution in [0.1, 0.15) is 32.7 Å². The van der Waals surface area contributed by atoms with Crippen LogP contribution in [0.25, 0.3) is 11.0 Å². The van der Waals surface area contributed by atoms with Crippen LogP contribution in [0.4, 0.5) is 9.52 Å². The number of rotatable bonds is 2. The quantitative estimate of drug-likeness (QED) is 0.471. The molecule has 5 rings (SSSR count). The number of carbonyl (C=O) groups is 1. The van der Waals surface area contributed by atoms with Gasteiger partial charge in [-0.25, -0.2) is 4.39 Å². The number of aryl methyl sites for hydroxylation is 1. The number of hydrogen-bond acceptors (Lipinski definition) is 6. The van der Waals surface area contributed by atoms with Gasteiger partial charge in [0.25, 0.3) is 5.91 Å². The molecule has 1 atom stereocenters. The fourth-order valence-electron chi connectivity index (χ4n) is 3.52. The van der Waals surface area contributed by atoms with Crippen LogP contribution in [-0.4, -0.2) is 16.1 Å². The average Bonchev–Trinajstić information content (AvgIpc) is 3.24. The number of anilines is 1. The third kappa shape index (κ3) is 2.67. The van der Waals surface area contributed by atoms with Gasteiger partial charge in [0.05, 0.1) is 10.9 Å². The molecule has 144 valence electrons. The monoisotopic (exact) mass is 427 g/mol. The molecule has 6 nitrogen and oxygen atoms in total. The number of fused-ring (bicyclic) bond motifs is 2. The summed E-state index contributed by atoms with van der Waals surface area (Å²) in [7, 11) is 0. The molecule has 0 N–H and O–H groups in total. The summed E-state index contributed by atoms with van der Waals surface area (Å²) >= 11 is 7.21. The SMILES string of the molecule is Cc1nnc(N2C(=O)c3oc4ccc(Cl)cc4c(=O)c3C2c2ccccc2F)s1. The van der Waals surface area contributed by atoms with E-state index in [1.54, 1.807) is 25.1 Å². The van der Waals surface area contributed by atoms with Gasteiger partial charge in [0.15, 0.2) is 5.43 Å². The summed E-state index contributed by atoms with van der Waals surface area (Å²) in [4.78, 5) is 27.9. The predicted molar refractivity (Wildman–Crippen MR) is 107 cm³/mol. The predicted octanol–water partition coefficient (Wildman–Crippen LogP) is 4.50. The number of carbonyl (C=O) groups excluding carboxylic acids is 1. The second kappa shape index (κ2) is 6.47. The maximum absolute atomic E-state index is 14.7. The Hall–Kier alpha value is -3.10. The molecule has 0 saturated carbocycles. The highest BCUT2D eigenvalue weighted by molar-refractivity contribution is 7.15. The second-order valence-corrected chi connectivity index (χ2v) is 8.11. The van der Waals surface area contributed by atoms with Crippen LogP contribution in [-0.2, 0) is 0 Å². The number of hydrogen-bond donors (Lipinski definition) is 0. The zero-order chi connectivity index (χ0) is 20.3. The zero-order valence-electron chi connectivity index (χ0n) is 14.8. The Morgan fingerprint density at radius 2 is 1.97 bits per heavy atom. The topological polar surface area (TPSA) is 76.3 Å². The van der Waals surface area contributed by atoms with Crippen molar-refractivity contribution in [2.45, 2.75) is 13.0 Å². The molecule has 2 aromatic carbocycles. The lowest BCUT2D eigenvalue weighted by molar-refractivity contribution is 0.0970. The summed E-state index contributed by atoms with van der Waals surface area (Å²) in [5.74, 6) is -1.25. The van der Waals surface area contributed by atoms with Gasteiger partial charge in [-0.05, 0) is 31.2 Å². The number of amides is 1. The molecule has 1 unspecified atom stereocenters. The minimum Gasteiger partial charge on any atom is -0.450 e. The van der Waals surface area contributed by atoms with Gasteiger partial charge in [0, 0.05) is 10.6 Å². The summed E-state index contributed by atoms with van der Waals surface area (Å²) in [6, 6.07) is 9.55. The Morgan fingerprint density at radius 1 is 1.17 bits per heavy atom. The third-order valence-corrected chi connectivity index (χ3v) is 5.83. The summed E-state index contributed by atoms with van der Waals surface area (Å²) < 4.78 is 20.5. The molecular weight excluding hydrogens is 417 g/mol. The zero-order valence-corrected chi connectivity index (χ0v) is 16.4. The first-order valence-electron chi connectivity index (χ1n) is 8.60. The molecule has 0 fully saturated rings. The van der Waals surface area contributed by atoms with Crippen LogP contribution in [0.3, 0.4) is 0 Å². The van der Waals surface area contributed by atoms with E-state index in [9.17, 15) is 14.0 Å². The number of halogens is 2. The van der Waals surface area contributed by atoms with Crippen molar-refractivity contribution in [1.82, 2.24) is 10.2 Å². The van der Waals surface area contributed by atoms with E-state index < -0.39 is 23.2 Å². The van der Waals surface area contributed by atoms with Crippen LogP contribution in [0, 0.1) is 12.7 Å². The van der Waals surface area contributed by atoms with Crippen molar-refractivity contribution in [3.05, 3.63) is 85.4 Å². The molecule has 1 aliphatic rings. The first kappa shape index (κ1) is 18.0. The van der Waals surface area contributed by atoms with Crippen molar-refractivity contribution >= 4 is 44.9 Å². The summed E-state index contributed by atoms with van der Waals surface area (Å²) in [5, 5.41) is 9.46. The van der Waals surface area contributed by atoms with E-state index in [4.69, 9.17) is 16.0 Å². The fourth-order valence-corrected chi connectivity index (χ4v) is 4.40. The lowest BCUT2D eigenvalue weighted by Gasteiger charge is -2.22. The molecule has 0 saturated heterocycles. The van der Waals surface area contributed by atoms with Gasteiger partial charge in [-0.1, -0.05) is 41.1 Å². The van der Waals surface area contributed by atoms with E-state index in [1.165, 1.54) is 40.5 Å². The fraction of sp³-hybridized carbons (Fsp3) is 0.100. The van der Waals surface area contributed by atoms with Crippen LogP contribution >= 0.6 is 22.9 Å². The van der Waals surface area contributed by atoms with Crippen molar-refractivity contribution in [2.75, 3.05) is 4.90 Å². The molecule has 0 bridgehead atoms. The second-order valence-electron chi connectivity index (χ2n) is 6.52. The van der Waals surface area contributed by atoms with Gasteiger partial charge in [-0.2, -0.15) is 0 Å². The number of nitrogens with zero attached hydrogens (tertiary/aromatic N) is 3. The Kier molecular flexibility index (Phi) is 4.01. The molecule has 0 aliphatic carbocycles. The maximum atomic E-state index is 14.7. The lowest BCUT2D eigenvalue weighted by atomic mass is 9.98. The highest BCUT2D eigenvalue weighted by atomic mass is 35.5. The first-order chi connectivity index (χ1) is 14.0. The molecule has 1 amide bonds. The third-order valence-electron chi connectivity index (χ3n) is 4.75. The Morgan fingerprint density at radius 3 is 2.69 bits per heavy atom. The minimum absolute atomic E-state index is 0.0581. The Labute approximate surface area is 172 Å². The smallest absolute Gasteiger partial charge is 0.297 e. The van der Waals surface area contributed by atoms with Crippen LogP contribution in [0.15, 0.2) is 51.7 Å². The largest absolute Gasteiger partial charge is 0.450 e. The summed E-state index contributed by atoms with van der Waals surface area (Å²) in [5.41, 5.74) is 0.0204. The van der Waals surface area contributed by atoms with Crippen LogP contribution < -0.4 is 10.3 Å². The van der Waals surface area contributed by atoms with Crippen molar-refractivity contribution < 1.29 is 13.6 Å². The van der Waals surface area contributed by atoms with Gasteiger partial charge < -0.3 is 4.42 Å². The van der Waals surface area contributed by atoms with E-state index in [0.717, 1.165) is 0 Å². The molecule has 29 heavy (non-hydrogen) atoms. The van der Waals surface area contributed by atoms with Gasteiger partial charge in [0.1, 0.15) is 22.4 Å². The van der Waals surface area contributed by atoms with E-state index in [2.05, 4.69) is 10.2 Å². The van der Waals surface area contributed by atoms with E-state index >= 15 is 0 Å². The lowest BCUT2D eigenvalue weighted by Crippen LogP contribution is -2.30. The van der Waals surface area contributed by atoms with Crippen LogP contribution in [0.5, 0.6) is 0 Å². The summed E-state index contributed by atoms with van der Waals surface area (Å²) in [6.45, 7) is 1.74. The van der Waals surface area contributed by atoms with E-state index in [-0.39, 0.29) is 33.0 Å². The highest BCUT2D eigenvalue weighted by Crippen LogP contribution is 2.42. The van der Waals surface area contributed by atoms with Gasteiger partial charge in [-0.3, -0.25) is 14.5 Å². The van der Waals surface area contributed by atoms with Gasteiger partial charge >= 0.3 is 0 Å².